The topological polar surface area (TPSA) is 67.7 Å². The van der Waals surface area contributed by atoms with Crippen LogP contribution in [0.25, 0.3) is 10.9 Å². The summed E-state index contributed by atoms with van der Waals surface area (Å²) >= 11 is 0. The molecule has 1 unspecified atom stereocenters. The number of carbonyl (C=O) groups excluding carboxylic acids is 1. The second-order valence-electron chi connectivity index (χ2n) is 7.32. The number of aromatic nitrogens is 2. The Morgan fingerprint density at radius 2 is 2.00 bits per heavy atom. The maximum Gasteiger partial charge on any atom is 0.224 e. The van der Waals surface area contributed by atoms with Gasteiger partial charge >= 0.3 is 0 Å². The van der Waals surface area contributed by atoms with E-state index in [9.17, 15) is 9.59 Å². The Kier molecular flexibility index (Phi) is 5.50. The summed E-state index contributed by atoms with van der Waals surface area (Å²) in [5.41, 5.74) is 0.690. The first kappa shape index (κ1) is 18.1. The van der Waals surface area contributed by atoms with Gasteiger partial charge in [-0.2, -0.15) is 5.10 Å². The average molecular weight is 370 g/mol. The summed E-state index contributed by atoms with van der Waals surface area (Å²) in [6, 6.07) is 7.40. The Morgan fingerprint density at radius 3 is 2.78 bits per heavy atom. The van der Waals surface area contributed by atoms with Crippen LogP contribution in [0.2, 0.25) is 0 Å². The molecule has 0 saturated carbocycles. The van der Waals surface area contributed by atoms with Gasteiger partial charge in [0.1, 0.15) is 0 Å². The molecule has 0 bridgehead atoms. The van der Waals surface area contributed by atoms with Crippen LogP contribution in [-0.4, -0.2) is 70.9 Å². The van der Waals surface area contributed by atoms with Crippen LogP contribution in [0.1, 0.15) is 19.3 Å². The molecule has 0 spiro atoms. The standard InChI is InChI=1S/C20H26N4O3/c25-19-14-21-24(18-6-2-1-5-17(18)19)8-7-20(26)23-11-9-22(10-12-23)15-16-4-3-13-27-16/h1-2,5-6,14,16H,3-4,7-13,15H2. The number of rotatable bonds is 5. The van der Waals surface area contributed by atoms with Crippen LogP contribution < -0.4 is 5.43 Å². The van der Waals surface area contributed by atoms with E-state index in [0.29, 0.717) is 24.5 Å². The molecule has 7 nitrogen and oxygen atoms in total. The highest BCUT2D eigenvalue weighted by Crippen LogP contribution is 2.15. The third kappa shape index (κ3) is 4.20. The van der Waals surface area contributed by atoms with Crippen molar-refractivity contribution in [2.45, 2.75) is 31.9 Å². The zero-order valence-electron chi connectivity index (χ0n) is 15.5. The maximum absolute atomic E-state index is 12.6. The number of benzene rings is 1. The van der Waals surface area contributed by atoms with Crippen molar-refractivity contribution in [2.24, 2.45) is 0 Å². The first-order valence-corrected chi connectivity index (χ1v) is 9.77. The zero-order chi connectivity index (χ0) is 18.6. The number of hydrogen-bond donors (Lipinski definition) is 0. The number of para-hydroxylation sites is 1. The molecule has 2 aliphatic rings. The van der Waals surface area contributed by atoms with E-state index in [0.717, 1.165) is 57.7 Å². The monoisotopic (exact) mass is 370 g/mol. The maximum atomic E-state index is 12.6. The summed E-state index contributed by atoms with van der Waals surface area (Å²) in [5, 5.41) is 4.85. The van der Waals surface area contributed by atoms with Crippen LogP contribution >= 0.6 is 0 Å². The molecule has 27 heavy (non-hydrogen) atoms. The molecule has 1 aromatic heterocycles. The van der Waals surface area contributed by atoms with Crippen molar-refractivity contribution < 1.29 is 9.53 Å². The number of carbonyl (C=O) groups is 1. The summed E-state index contributed by atoms with van der Waals surface area (Å²) in [6.45, 7) is 5.70. The minimum Gasteiger partial charge on any atom is -0.377 e. The molecule has 0 N–H and O–H groups in total. The number of hydrogen-bond acceptors (Lipinski definition) is 5. The quantitative estimate of drug-likeness (QED) is 0.789. The number of ether oxygens (including phenoxy) is 1. The summed E-state index contributed by atoms with van der Waals surface area (Å²) < 4.78 is 7.46. The van der Waals surface area contributed by atoms with E-state index in [1.807, 2.05) is 23.1 Å². The Hall–Kier alpha value is -2.25. The van der Waals surface area contributed by atoms with Crippen molar-refractivity contribution in [2.75, 3.05) is 39.3 Å². The van der Waals surface area contributed by atoms with Gasteiger partial charge in [-0.05, 0) is 25.0 Å². The predicted molar refractivity (Wildman–Crippen MR) is 103 cm³/mol. The Bertz CT molecular complexity index is 852. The highest BCUT2D eigenvalue weighted by Gasteiger charge is 2.24. The first-order valence-electron chi connectivity index (χ1n) is 9.77. The first-order chi connectivity index (χ1) is 13.2. The molecule has 2 aromatic rings. The third-order valence-electron chi connectivity index (χ3n) is 5.51. The number of fused-ring (bicyclic) bond motifs is 1. The van der Waals surface area contributed by atoms with Crippen LogP contribution in [0.3, 0.4) is 0 Å². The molecule has 1 aromatic carbocycles. The largest absolute Gasteiger partial charge is 0.377 e. The molecule has 1 atom stereocenters. The zero-order valence-corrected chi connectivity index (χ0v) is 15.5. The predicted octanol–water partition coefficient (Wildman–Crippen LogP) is 1.11. The number of amides is 1. The summed E-state index contributed by atoms with van der Waals surface area (Å²) in [7, 11) is 0. The van der Waals surface area contributed by atoms with Crippen molar-refractivity contribution in [3.63, 3.8) is 0 Å². The Morgan fingerprint density at radius 1 is 1.19 bits per heavy atom. The van der Waals surface area contributed by atoms with E-state index < -0.39 is 0 Å². The third-order valence-corrected chi connectivity index (χ3v) is 5.51. The van der Waals surface area contributed by atoms with E-state index in [2.05, 4.69) is 10.00 Å². The lowest BCUT2D eigenvalue weighted by Gasteiger charge is -2.35. The van der Waals surface area contributed by atoms with Gasteiger partial charge in [0, 0.05) is 51.1 Å². The molecule has 0 radical (unpaired) electrons. The van der Waals surface area contributed by atoms with Gasteiger partial charge in [0.05, 0.1) is 24.4 Å². The van der Waals surface area contributed by atoms with Gasteiger partial charge in [0.15, 0.2) is 0 Å². The molecule has 2 aliphatic heterocycles. The van der Waals surface area contributed by atoms with Gasteiger partial charge in [-0.15, -0.1) is 0 Å². The SMILES string of the molecule is O=C(CCn1ncc(=O)c2ccccc21)N1CCN(CC2CCCO2)CC1. The second-order valence-corrected chi connectivity index (χ2v) is 7.32. The average Bonchev–Trinajstić information content (AvgIpc) is 3.21. The molecule has 2 saturated heterocycles. The van der Waals surface area contributed by atoms with Crippen LogP contribution in [-0.2, 0) is 16.1 Å². The number of piperazine rings is 1. The van der Waals surface area contributed by atoms with Crippen molar-refractivity contribution >= 4 is 16.8 Å². The fraction of sp³-hybridized carbons (Fsp3) is 0.550. The van der Waals surface area contributed by atoms with Crippen LogP contribution in [0, 0.1) is 0 Å². The smallest absolute Gasteiger partial charge is 0.224 e. The van der Waals surface area contributed by atoms with Crippen molar-refractivity contribution in [1.29, 1.82) is 0 Å². The van der Waals surface area contributed by atoms with Crippen molar-refractivity contribution in [3.05, 3.63) is 40.7 Å². The van der Waals surface area contributed by atoms with Crippen LogP contribution in [0.15, 0.2) is 35.3 Å². The van der Waals surface area contributed by atoms with Gasteiger partial charge in [0.25, 0.3) is 0 Å². The second kappa shape index (κ2) is 8.19. The van der Waals surface area contributed by atoms with Crippen molar-refractivity contribution in [3.8, 4) is 0 Å². The van der Waals surface area contributed by atoms with Gasteiger partial charge < -0.3 is 9.64 Å². The minimum absolute atomic E-state index is 0.0875. The molecule has 144 valence electrons. The molecular formula is C20H26N4O3. The van der Waals surface area contributed by atoms with E-state index in [-0.39, 0.29) is 11.3 Å². The number of aryl methyl sites for hydroxylation is 1. The molecule has 2 fully saturated rings. The Labute approximate surface area is 158 Å². The molecule has 3 heterocycles. The molecule has 7 heteroatoms. The lowest BCUT2D eigenvalue weighted by molar-refractivity contribution is -0.133. The van der Waals surface area contributed by atoms with Gasteiger partial charge in [-0.1, -0.05) is 12.1 Å². The lowest BCUT2D eigenvalue weighted by atomic mass is 10.2. The van der Waals surface area contributed by atoms with Crippen LogP contribution in [0.4, 0.5) is 0 Å². The van der Waals surface area contributed by atoms with Gasteiger partial charge in [-0.3, -0.25) is 19.2 Å². The van der Waals surface area contributed by atoms with Gasteiger partial charge in [0.2, 0.25) is 11.3 Å². The Balaban J connectivity index is 1.30. The van der Waals surface area contributed by atoms with E-state index in [1.165, 1.54) is 6.20 Å². The minimum atomic E-state index is -0.0875. The van der Waals surface area contributed by atoms with Crippen molar-refractivity contribution in [1.82, 2.24) is 19.6 Å². The molecule has 0 aliphatic carbocycles. The van der Waals surface area contributed by atoms with E-state index in [1.54, 1.807) is 10.7 Å². The van der Waals surface area contributed by atoms with Gasteiger partial charge in [-0.25, -0.2) is 0 Å². The lowest BCUT2D eigenvalue weighted by Crippen LogP contribution is -2.50. The molecule has 1 amide bonds. The fourth-order valence-corrected chi connectivity index (χ4v) is 3.95. The van der Waals surface area contributed by atoms with Crippen LogP contribution in [0.5, 0.6) is 0 Å². The molecule has 4 rings (SSSR count). The highest BCUT2D eigenvalue weighted by molar-refractivity contribution is 5.79. The normalized spacial score (nSPS) is 21.0. The van der Waals surface area contributed by atoms with E-state index in [4.69, 9.17) is 4.74 Å². The molecular weight excluding hydrogens is 344 g/mol. The highest BCUT2D eigenvalue weighted by atomic mass is 16.5. The number of nitrogens with zero attached hydrogens (tertiary/aromatic N) is 4. The summed E-state index contributed by atoms with van der Waals surface area (Å²) in [6.07, 6.45) is 4.41. The summed E-state index contributed by atoms with van der Waals surface area (Å²) in [4.78, 5) is 28.9. The van der Waals surface area contributed by atoms with E-state index >= 15 is 0 Å². The fourth-order valence-electron chi connectivity index (χ4n) is 3.95. The summed E-state index contributed by atoms with van der Waals surface area (Å²) in [5.74, 6) is 0.149.